The summed E-state index contributed by atoms with van der Waals surface area (Å²) in [5.74, 6) is 0. The molecule has 0 amide bonds. The Morgan fingerprint density at radius 2 is 1.83 bits per heavy atom. The van der Waals surface area contributed by atoms with Crippen LogP contribution in [-0.4, -0.2) is 0 Å². The molecule has 0 spiro atoms. The first kappa shape index (κ1) is 9.71. The fourth-order valence-corrected chi connectivity index (χ4v) is 1.90. The molecule has 0 atom stereocenters. The predicted molar refractivity (Wildman–Crippen MR) is 54.1 cm³/mol. The first-order chi connectivity index (χ1) is 5.41. The maximum absolute atomic E-state index is 5.56. The van der Waals surface area contributed by atoms with Crippen LogP contribution in [0.4, 0.5) is 0 Å². The molecule has 2 nitrogen and oxygen atoms in total. The summed E-state index contributed by atoms with van der Waals surface area (Å²) in [6.07, 6.45) is -0.328. The lowest BCUT2D eigenvalue weighted by atomic mass is 9.95. The van der Waals surface area contributed by atoms with Crippen LogP contribution >= 0.6 is 11.3 Å². The Kier molecular flexibility index (Phi) is 2.56. The van der Waals surface area contributed by atoms with Crippen LogP contribution in [0.5, 0.6) is 0 Å². The van der Waals surface area contributed by atoms with E-state index in [0.29, 0.717) is 0 Å². The summed E-state index contributed by atoms with van der Waals surface area (Å²) in [5, 5.41) is 0. The van der Waals surface area contributed by atoms with E-state index in [1.165, 1.54) is 4.88 Å². The molecule has 0 bridgehead atoms. The van der Waals surface area contributed by atoms with E-state index in [0.717, 1.165) is 4.88 Å². The van der Waals surface area contributed by atoms with Gasteiger partial charge >= 0.3 is 0 Å². The summed E-state index contributed by atoms with van der Waals surface area (Å²) in [4.78, 5) is 2.39. The molecule has 0 saturated heterocycles. The second kappa shape index (κ2) is 3.17. The molecule has 1 rings (SSSR count). The van der Waals surface area contributed by atoms with Gasteiger partial charge in [-0.05, 0) is 17.5 Å². The first-order valence-corrected chi connectivity index (χ1v) is 4.84. The molecule has 0 aromatic carbocycles. The summed E-state index contributed by atoms with van der Waals surface area (Å²) < 4.78 is 0. The third kappa shape index (κ3) is 2.06. The Morgan fingerprint density at radius 3 is 2.08 bits per heavy atom. The van der Waals surface area contributed by atoms with Gasteiger partial charge in [-0.15, -0.1) is 11.3 Å². The van der Waals surface area contributed by atoms with Gasteiger partial charge in [0.25, 0.3) is 0 Å². The molecule has 1 heterocycles. The largest absolute Gasteiger partial charge is 0.312 e. The molecule has 1 aromatic heterocycles. The maximum atomic E-state index is 5.56. The highest BCUT2D eigenvalue weighted by Gasteiger charge is 2.16. The lowest BCUT2D eigenvalue weighted by molar-refractivity contribution is 0.604. The van der Waals surface area contributed by atoms with Gasteiger partial charge in [0.15, 0.2) is 0 Å². The van der Waals surface area contributed by atoms with Gasteiger partial charge in [-0.3, -0.25) is 0 Å². The van der Waals surface area contributed by atoms with E-state index >= 15 is 0 Å². The minimum absolute atomic E-state index is 0.206. The zero-order valence-corrected chi connectivity index (χ0v) is 8.61. The van der Waals surface area contributed by atoms with E-state index in [1.807, 2.05) is 6.07 Å². The van der Waals surface area contributed by atoms with Gasteiger partial charge in [-0.2, -0.15) is 0 Å². The summed E-state index contributed by atoms with van der Waals surface area (Å²) in [7, 11) is 0. The van der Waals surface area contributed by atoms with Crippen molar-refractivity contribution in [3.05, 3.63) is 21.9 Å². The van der Waals surface area contributed by atoms with Crippen molar-refractivity contribution in [2.75, 3.05) is 0 Å². The van der Waals surface area contributed by atoms with Crippen molar-refractivity contribution in [2.45, 2.75) is 32.4 Å². The summed E-state index contributed by atoms with van der Waals surface area (Å²) >= 11 is 1.70. The number of hydrogen-bond acceptors (Lipinski definition) is 3. The van der Waals surface area contributed by atoms with Crippen molar-refractivity contribution < 1.29 is 0 Å². The van der Waals surface area contributed by atoms with E-state index in [2.05, 4.69) is 26.8 Å². The van der Waals surface area contributed by atoms with Crippen molar-refractivity contribution in [2.24, 2.45) is 11.5 Å². The smallest absolute Gasteiger partial charge is 0.0879 e. The van der Waals surface area contributed by atoms with Crippen LogP contribution in [0.15, 0.2) is 12.1 Å². The highest BCUT2D eigenvalue weighted by Crippen LogP contribution is 2.30. The monoisotopic (exact) mass is 184 g/mol. The van der Waals surface area contributed by atoms with E-state index in [-0.39, 0.29) is 11.6 Å². The Hall–Kier alpha value is -0.380. The van der Waals surface area contributed by atoms with E-state index in [9.17, 15) is 0 Å². The van der Waals surface area contributed by atoms with Crippen molar-refractivity contribution in [3.8, 4) is 0 Å². The van der Waals surface area contributed by atoms with Crippen molar-refractivity contribution in [3.63, 3.8) is 0 Å². The maximum Gasteiger partial charge on any atom is 0.0879 e. The number of hydrogen-bond donors (Lipinski definition) is 2. The molecule has 0 radical (unpaired) electrons. The second-order valence-electron chi connectivity index (χ2n) is 3.98. The molecule has 68 valence electrons. The standard InChI is InChI=1S/C9H16N2S/c1-9(2,3)7-5-4-6(12-7)8(10)11/h4-5,8H,10-11H2,1-3H3. The van der Waals surface area contributed by atoms with Crippen LogP contribution in [0, 0.1) is 0 Å². The summed E-state index contributed by atoms with van der Waals surface area (Å²) in [6.45, 7) is 6.56. The molecule has 4 N–H and O–H groups in total. The Morgan fingerprint density at radius 1 is 1.25 bits per heavy atom. The fourth-order valence-electron chi connectivity index (χ4n) is 0.935. The Bertz CT molecular complexity index is 258. The quantitative estimate of drug-likeness (QED) is 0.655. The lowest BCUT2D eigenvalue weighted by Gasteiger charge is -2.15. The van der Waals surface area contributed by atoms with Gasteiger partial charge in [0.1, 0.15) is 0 Å². The number of nitrogens with two attached hydrogens (primary N) is 2. The van der Waals surface area contributed by atoms with Crippen LogP contribution in [-0.2, 0) is 5.41 Å². The molecule has 1 aromatic rings. The van der Waals surface area contributed by atoms with Gasteiger partial charge in [-0.1, -0.05) is 20.8 Å². The van der Waals surface area contributed by atoms with E-state index in [1.54, 1.807) is 11.3 Å². The molecule has 0 unspecified atom stereocenters. The topological polar surface area (TPSA) is 52.0 Å². The van der Waals surface area contributed by atoms with Crippen molar-refractivity contribution in [1.82, 2.24) is 0 Å². The number of thiophene rings is 1. The average molecular weight is 184 g/mol. The average Bonchev–Trinajstić information content (AvgIpc) is 2.30. The van der Waals surface area contributed by atoms with Gasteiger partial charge in [-0.25, -0.2) is 0 Å². The Balaban J connectivity index is 2.92. The SMILES string of the molecule is CC(C)(C)c1ccc(C(N)N)s1. The second-order valence-corrected chi connectivity index (χ2v) is 5.09. The summed E-state index contributed by atoms with van der Waals surface area (Å²) in [5.41, 5.74) is 11.3. The van der Waals surface area contributed by atoms with Crippen LogP contribution in [0.1, 0.15) is 36.7 Å². The molecule has 0 aliphatic carbocycles. The molecular formula is C9H16N2S. The lowest BCUT2D eigenvalue weighted by Crippen LogP contribution is -2.18. The van der Waals surface area contributed by atoms with Crippen LogP contribution < -0.4 is 11.5 Å². The van der Waals surface area contributed by atoms with Crippen LogP contribution in [0.3, 0.4) is 0 Å². The fraction of sp³-hybridized carbons (Fsp3) is 0.556. The minimum Gasteiger partial charge on any atom is -0.312 e. The Labute approximate surface area is 77.6 Å². The number of rotatable bonds is 1. The highest BCUT2D eigenvalue weighted by molar-refractivity contribution is 7.12. The third-order valence-electron chi connectivity index (χ3n) is 1.69. The van der Waals surface area contributed by atoms with Crippen molar-refractivity contribution in [1.29, 1.82) is 0 Å². The van der Waals surface area contributed by atoms with Crippen molar-refractivity contribution >= 4 is 11.3 Å². The van der Waals surface area contributed by atoms with Gasteiger partial charge in [0.2, 0.25) is 0 Å². The molecule has 0 aliphatic heterocycles. The molecule has 0 saturated carbocycles. The van der Waals surface area contributed by atoms with E-state index in [4.69, 9.17) is 11.5 Å². The molecule has 0 aliphatic rings. The predicted octanol–water partition coefficient (Wildman–Crippen LogP) is 1.96. The normalized spacial score (nSPS) is 12.5. The zero-order chi connectivity index (χ0) is 9.35. The first-order valence-electron chi connectivity index (χ1n) is 4.02. The molecule has 3 heteroatoms. The van der Waals surface area contributed by atoms with Gasteiger partial charge in [0.05, 0.1) is 6.17 Å². The van der Waals surface area contributed by atoms with Gasteiger partial charge < -0.3 is 11.5 Å². The summed E-state index contributed by atoms with van der Waals surface area (Å²) in [6, 6.07) is 4.11. The molecule has 0 fully saturated rings. The van der Waals surface area contributed by atoms with Gasteiger partial charge in [0, 0.05) is 9.75 Å². The van der Waals surface area contributed by atoms with Crippen LogP contribution in [0.2, 0.25) is 0 Å². The highest BCUT2D eigenvalue weighted by atomic mass is 32.1. The van der Waals surface area contributed by atoms with E-state index < -0.39 is 0 Å². The third-order valence-corrected chi connectivity index (χ3v) is 3.31. The molecule has 12 heavy (non-hydrogen) atoms. The van der Waals surface area contributed by atoms with Crippen LogP contribution in [0.25, 0.3) is 0 Å². The minimum atomic E-state index is -0.328. The molecular weight excluding hydrogens is 168 g/mol. The zero-order valence-electron chi connectivity index (χ0n) is 7.79.